The third-order valence-electron chi connectivity index (χ3n) is 3.13. The summed E-state index contributed by atoms with van der Waals surface area (Å²) >= 11 is 0. The lowest BCUT2D eigenvalue weighted by molar-refractivity contribution is 0.509. The van der Waals surface area contributed by atoms with E-state index in [9.17, 15) is 13.2 Å². The van der Waals surface area contributed by atoms with Gasteiger partial charge in [-0.05, 0) is 48.1 Å². The van der Waals surface area contributed by atoms with Crippen LogP contribution in [0.3, 0.4) is 0 Å². The third kappa shape index (κ3) is 3.73. The van der Waals surface area contributed by atoms with Crippen LogP contribution in [0.2, 0.25) is 0 Å². The van der Waals surface area contributed by atoms with Crippen molar-refractivity contribution in [3.05, 3.63) is 72.1 Å². The van der Waals surface area contributed by atoms with Gasteiger partial charge >= 0.3 is 0 Å². The second kappa shape index (κ2) is 6.94. The number of allylic oxidation sites excluding steroid dienone is 1. The molecule has 0 heterocycles. The molecule has 0 atom stereocenters. The monoisotopic (exact) mass is 276 g/mol. The highest BCUT2D eigenvalue weighted by Crippen LogP contribution is 2.22. The molecule has 0 unspecified atom stereocenters. The fourth-order valence-corrected chi connectivity index (χ4v) is 2.03. The number of hydrogen-bond acceptors (Lipinski definition) is 0. The maximum absolute atomic E-state index is 13.2. The Kier molecular flexibility index (Phi) is 4.99. The van der Waals surface area contributed by atoms with E-state index in [1.807, 2.05) is 24.3 Å². The maximum atomic E-state index is 13.2. The lowest BCUT2D eigenvalue weighted by Crippen LogP contribution is -1.87. The maximum Gasteiger partial charge on any atom is 0.159 e. The van der Waals surface area contributed by atoms with E-state index in [0.717, 1.165) is 30.0 Å². The summed E-state index contributed by atoms with van der Waals surface area (Å²) in [4.78, 5) is 0. The molecule has 3 heteroatoms. The summed E-state index contributed by atoms with van der Waals surface area (Å²) in [5.41, 5.74) is 2.63. The van der Waals surface area contributed by atoms with Gasteiger partial charge in [0.05, 0.1) is 6.33 Å². The first-order valence-corrected chi connectivity index (χ1v) is 6.50. The lowest BCUT2D eigenvalue weighted by atomic mass is 10.0. The minimum Gasteiger partial charge on any atom is -0.216 e. The molecule has 0 N–H and O–H groups in total. The van der Waals surface area contributed by atoms with Gasteiger partial charge in [-0.2, -0.15) is 0 Å². The van der Waals surface area contributed by atoms with Gasteiger partial charge in [0.15, 0.2) is 11.6 Å². The molecule has 0 aliphatic rings. The number of halogens is 3. The normalized spacial score (nSPS) is 11.2. The Hall–Kier alpha value is -2.03. The summed E-state index contributed by atoms with van der Waals surface area (Å²) < 4.78 is 37.8. The van der Waals surface area contributed by atoms with Gasteiger partial charge < -0.3 is 0 Å². The second-order valence-electron chi connectivity index (χ2n) is 4.58. The Labute approximate surface area is 116 Å². The number of aryl methyl sites for hydroxylation is 1. The average Bonchev–Trinajstić information content (AvgIpc) is 2.47. The molecule has 2 aromatic rings. The molecule has 0 aliphatic carbocycles. The van der Waals surface area contributed by atoms with E-state index in [1.54, 1.807) is 6.07 Å². The fraction of sp³-hybridized carbons (Fsp3) is 0.176. The molecule has 0 nitrogen and oxygen atoms in total. The van der Waals surface area contributed by atoms with Gasteiger partial charge in [-0.3, -0.25) is 0 Å². The van der Waals surface area contributed by atoms with E-state index in [4.69, 9.17) is 0 Å². The Balaban J connectivity index is 2.05. The zero-order valence-corrected chi connectivity index (χ0v) is 11.0. The van der Waals surface area contributed by atoms with Gasteiger partial charge in [0.25, 0.3) is 0 Å². The first-order valence-electron chi connectivity index (χ1n) is 6.50. The zero-order valence-electron chi connectivity index (χ0n) is 11.0. The molecule has 0 aliphatic heterocycles. The van der Waals surface area contributed by atoms with Gasteiger partial charge in [0, 0.05) is 0 Å². The van der Waals surface area contributed by atoms with Crippen molar-refractivity contribution in [2.75, 3.05) is 0 Å². The van der Waals surface area contributed by atoms with E-state index < -0.39 is 11.6 Å². The van der Waals surface area contributed by atoms with Gasteiger partial charge in [-0.25, -0.2) is 13.2 Å². The third-order valence-corrected chi connectivity index (χ3v) is 3.13. The Morgan fingerprint density at radius 1 is 0.850 bits per heavy atom. The van der Waals surface area contributed by atoms with Crippen LogP contribution in [0, 0.1) is 11.6 Å². The molecular formula is C17H15F3. The van der Waals surface area contributed by atoms with Crippen LogP contribution in [-0.2, 0) is 6.42 Å². The molecular weight excluding hydrogens is 261 g/mol. The van der Waals surface area contributed by atoms with Crippen LogP contribution in [0.5, 0.6) is 0 Å². The van der Waals surface area contributed by atoms with E-state index in [0.29, 0.717) is 18.3 Å². The summed E-state index contributed by atoms with van der Waals surface area (Å²) in [6.07, 6.45) is 4.51. The van der Waals surface area contributed by atoms with E-state index in [2.05, 4.69) is 0 Å². The molecule has 0 aromatic heterocycles. The summed E-state index contributed by atoms with van der Waals surface area (Å²) in [5, 5.41) is 0. The number of benzene rings is 2. The average molecular weight is 276 g/mol. The molecule has 2 aromatic carbocycles. The predicted octanol–water partition coefficient (Wildman–Crippen LogP) is 5.44. The number of hydrogen-bond donors (Lipinski definition) is 0. The van der Waals surface area contributed by atoms with Crippen molar-refractivity contribution >= 4 is 0 Å². The molecule has 2 rings (SSSR count). The van der Waals surface area contributed by atoms with Crippen molar-refractivity contribution in [3.8, 4) is 11.1 Å². The topological polar surface area (TPSA) is 0 Å². The van der Waals surface area contributed by atoms with Crippen molar-refractivity contribution in [3.63, 3.8) is 0 Å². The largest absolute Gasteiger partial charge is 0.216 e. The molecule has 0 radical (unpaired) electrons. The first kappa shape index (κ1) is 14.4. The first-order chi connectivity index (χ1) is 9.70. The van der Waals surface area contributed by atoms with Crippen molar-refractivity contribution in [2.24, 2.45) is 0 Å². The van der Waals surface area contributed by atoms with Crippen molar-refractivity contribution in [2.45, 2.75) is 19.3 Å². The summed E-state index contributed by atoms with van der Waals surface area (Å²) in [6, 6.07) is 11.5. The van der Waals surface area contributed by atoms with E-state index >= 15 is 0 Å². The van der Waals surface area contributed by atoms with Crippen LogP contribution < -0.4 is 0 Å². The molecule has 0 bridgehead atoms. The van der Waals surface area contributed by atoms with Crippen LogP contribution in [-0.4, -0.2) is 0 Å². The molecule has 104 valence electrons. The minimum atomic E-state index is -0.843. The van der Waals surface area contributed by atoms with Gasteiger partial charge in [-0.1, -0.05) is 36.4 Å². The fourth-order valence-electron chi connectivity index (χ4n) is 2.03. The highest BCUT2D eigenvalue weighted by molar-refractivity contribution is 5.63. The zero-order chi connectivity index (χ0) is 14.4. The van der Waals surface area contributed by atoms with Crippen LogP contribution in [0.1, 0.15) is 18.4 Å². The highest BCUT2D eigenvalue weighted by Gasteiger charge is 2.04. The molecule has 0 saturated heterocycles. The predicted molar refractivity (Wildman–Crippen MR) is 75.0 cm³/mol. The minimum absolute atomic E-state index is 0.562. The lowest BCUT2D eigenvalue weighted by Gasteiger charge is -2.05. The molecule has 0 spiro atoms. The SMILES string of the molecule is F/C=C/CCCc1ccc(-c2ccc(F)c(F)c2)cc1. The van der Waals surface area contributed by atoms with Gasteiger partial charge in [-0.15, -0.1) is 0 Å². The summed E-state index contributed by atoms with van der Waals surface area (Å²) in [6.45, 7) is 0. The highest BCUT2D eigenvalue weighted by atomic mass is 19.2. The quantitative estimate of drug-likeness (QED) is 0.638. The van der Waals surface area contributed by atoms with Crippen LogP contribution >= 0.6 is 0 Å². The molecule has 20 heavy (non-hydrogen) atoms. The van der Waals surface area contributed by atoms with Crippen molar-refractivity contribution in [1.82, 2.24) is 0 Å². The van der Waals surface area contributed by atoms with Crippen LogP contribution in [0.15, 0.2) is 54.9 Å². The summed E-state index contributed by atoms with van der Waals surface area (Å²) in [7, 11) is 0. The van der Waals surface area contributed by atoms with Gasteiger partial charge in [0.2, 0.25) is 0 Å². The molecule has 0 fully saturated rings. The second-order valence-corrected chi connectivity index (χ2v) is 4.58. The van der Waals surface area contributed by atoms with Crippen molar-refractivity contribution in [1.29, 1.82) is 0 Å². The van der Waals surface area contributed by atoms with Crippen molar-refractivity contribution < 1.29 is 13.2 Å². The molecule has 0 amide bonds. The van der Waals surface area contributed by atoms with Crippen LogP contribution in [0.4, 0.5) is 13.2 Å². The summed E-state index contributed by atoms with van der Waals surface area (Å²) in [5.74, 6) is -1.68. The van der Waals surface area contributed by atoms with Gasteiger partial charge in [0.1, 0.15) is 0 Å². The molecule has 0 saturated carbocycles. The standard InChI is InChI=1S/C17H15F3/c18-11-3-1-2-4-13-5-7-14(8-6-13)15-9-10-16(19)17(20)12-15/h3,5-12H,1-2,4H2/b11-3+. The Morgan fingerprint density at radius 3 is 2.20 bits per heavy atom. The van der Waals surface area contributed by atoms with E-state index in [-0.39, 0.29) is 0 Å². The Morgan fingerprint density at radius 2 is 1.55 bits per heavy atom. The number of unbranched alkanes of at least 4 members (excludes halogenated alkanes) is 1. The van der Waals surface area contributed by atoms with E-state index in [1.165, 1.54) is 12.1 Å². The Bertz CT molecular complexity index is 586. The van der Waals surface area contributed by atoms with Crippen LogP contribution in [0.25, 0.3) is 11.1 Å². The number of rotatable bonds is 5. The smallest absolute Gasteiger partial charge is 0.159 e.